The minimum atomic E-state index is -0.904. The van der Waals surface area contributed by atoms with Crippen molar-refractivity contribution in [2.24, 2.45) is 5.92 Å². The normalized spacial score (nSPS) is 19.4. The molecule has 0 aromatic heterocycles. The Balaban J connectivity index is 2.39. The molecule has 4 nitrogen and oxygen atoms in total. The number of benzene rings is 1. The topological polar surface area (TPSA) is 57.6 Å². The predicted molar refractivity (Wildman–Crippen MR) is 71.7 cm³/mol. The van der Waals surface area contributed by atoms with E-state index in [1.54, 1.807) is 4.90 Å². The van der Waals surface area contributed by atoms with Crippen LogP contribution in [-0.2, 0) is 9.59 Å². The Kier molecular flexibility index (Phi) is 3.43. The number of carboxylic acids is 1. The number of carbonyl (C=O) groups is 2. The summed E-state index contributed by atoms with van der Waals surface area (Å²) in [6, 6.07) is 3.87. The summed E-state index contributed by atoms with van der Waals surface area (Å²) in [6.07, 6.45) is 0.0876. The number of hydrogen-bond donors (Lipinski definition) is 1. The molecule has 0 bridgehead atoms. The first kappa shape index (κ1) is 13.1. The van der Waals surface area contributed by atoms with Crippen LogP contribution in [0.3, 0.4) is 0 Å². The second-order valence-corrected chi connectivity index (χ2v) is 5.55. The van der Waals surface area contributed by atoms with Gasteiger partial charge in [0.2, 0.25) is 5.91 Å². The fourth-order valence-electron chi connectivity index (χ4n) is 2.42. The lowest BCUT2D eigenvalue weighted by Gasteiger charge is -2.21. The zero-order valence-corrected chi connectivity index (χ0v) is 11.8. The number of aryl methyl sites for hydroxylation is 2. The first-order chi connectivity index (χ1) is 8.40. The second kappa shape index (κ2) is 4.72. The Hall–Kier alpha value is -1.36. The minimum absolute atomic E-state index is 0.0876. The van der Waals surface area contributed by atoms with E-state index in [-0.39, 0.29) is 18.9 Å². The fraction of sp³-hybridized carbons (Fsp3) is 0.385. The summed E-state index contributed by atoms with van der Waals surface area (Å²) in [7, 11) is 0. The maximum Gasteiger partial charge on any atom is 0.308 e. The number of halogens is 1. The lowest BCUT2D eigenvalue weighted by Crippen LogP contribution is -2.27. The van der Waals surface area contributed by atoms with Gasteiger partial charge < -0.3 is 10.0 Å². The van der Waals surface area contributed by atoms with Crippen molar-refractivity contribution < 1.29 is 14.7 Å². The van der Waals surface area contributed by atoms with E-state index in [2.05, 4.69) is 15.9 Å². The summed E-state index contributed by atoms with van der Waals surface area (Å²) < 4.78 is 0.961. The van der Waals surface area contributed by atoms with Crippen LogP contribution in [0.25, 0.3) is 0 Å². The second-order valence-electron chi connectivity index (χ2n) is 4.63. The highest BCUT2D eigenvalue weighted by Gasteiger charge is 2.36. The molecule has 0 spiro atoms. The molecule has 96 valence electrons. The molecule has 1 aliphatic heterocycles. The van der Waals surface area contributed by atoms with Crippen LogP contribution in [0.1, 0.15) is 17.5 Å². The van der Waals surface area contributed by atoms with Crippen molar-refractivity contribution in [2.45, 2.75) is 20.3 Å². The van der Waals surface area contributed by atoms with Crippen molar-refractivity contribution in [3.8, 4) is 0 Å². The Morgan fingerprint density at radius 1 is 1.39 bits per heavy atom. The molecule has 0 aliphatic carbocycles. The molecule has 0 radical (unpaired) electrons. The highest BCUT2D eigenvalue weighted by molar-refractivity contribution is 9.10. The van der Waals surface area contributed by atoms with Gasteiger partial charge >= 0.3 is 5.97 Å². The number of carboxylic acid groups (broad SMARTS) is 1. The zero-order chi connectivity index (χ0) is 13.4. The van der Waals surface area contributed by atoms with Gasteiger partial charge in [-0.05, 0) is 37.1 Å². The average Bonchev–Trinajstić information content (AvgIpc) is 2.59. The van der Waals surface area contributed by atoms with Gasteiger partial charge in [0.25, 0.3) is 0 Å². The van der Waals surface area contributed by atoms with Crippen molar-refractivity contribution in [1.29, 1.82) is 0 Å². The monoisotopic (exact) mass is 311 g/mol. The van der Waals surface area contributed by atoms with Crippen LogP contribution >= 0.6 is 15.9 Å². The number of amides is 1. The molecule has 1 heterocycles. The Bertz CT molecular complexity index is 504. The molecule has 1 aromatic carbocycles. The van der Waals surface area contributed by atoms with E-state index < -0.39 is 11.9 Å². The van der Waals surface area contributed by atoms with E-state index in [1.807, 2.05) is 26.0 Å². The van der Waals surface area contributed by atoms with Gasteiger partial charge in [-0.25, -0.2) is 0 Å². The van der Waals surface area contributed by atoms with Gasteiger partial charge in [0.15, 0.2) is 0 Å². The van der Waals surface area contributed by atoms with E-state index in [0.29, 0.717) is 0 Å². The maximum absolute atomic E-state index is 11.9. The van der Waals surface area contributed by atoms with Crippen LogP contribution < -0.4 is 4.90 Å². The largest absolute Gasteiger partial charge is 0.481 e. The van der Waals surface area contributed by atoms with Crippen LogP contribution in [-0.4, -0.2) is 23.5 Å². The third-order valence-corrected chi connectivity index (χ3v) is 3.66. The zero-order valence-electron chi connectivity index (χ0n) is 10.2. The van der Waals surface area contributed by atoms with Crippen LogP contribution in [0.5, 0.6) is 0 Å². The van der Waals surface area contributed by atoms with Gasteiger partial charge in [-0.3, -0.25) is 9.59 Å². The molecule has 1 unspecified atom stereocenters. The summed E-state index contributed by atoms with van der Waals surface area (Å²) in [5, 5.41) is 8.99. The number of nitrogens with zero attached hydrogens (tertiary/aromatic N) is 1. The van der Waals surface area contributed by atoms with Gasteiger partial charge in [-0.15, -0.1) is 0 Å². The molecule has 1 amide bonds. The SMILES string of the molecule is Cc1cc(Br)cc(C)c1N1CC(C(=O)O)CC1=O. The van der Waals surface area contributed by atoms with Gasteiger partial charge in [0.1, 0.15) is 0 Å². The predicted octanol–water partition coefficient (Wildman–Crippen LogP) is 2.50. The van der Waals surface area contributed by atoms with Crippen LogP contribution in [0.4, 0.5) is 5.69 Å². The van der Waals surface area contributed by atoms with E-state index in [9.17, 15) is 9.59 Å². The van der Waals surface area contributed by atoms with E-state index >= 15 is 0 Å². The van der Waals surface area contributed by atoms with Gasteiger partial charge in [-0.2, -0.15) is 0 Å². The smallest absolute Gasteiger partial charge is 0.308 e. The molecular weight excluding hydrogens is 298 g/mol. The van der Waals surface area contributed by atoms with Gasteiger partial charge in [-0.1, -0.05) is 15.9 Å². The molecule has 1 saturated heterocycles. The third-order valence-electron chi connectivity index (χ3n) is 3.20. The lowest BCUT2D eigenvalue weighted by molar-refractivity contribution is -0.141. The molecule has 5 heteroatoms. The molecule has 2 rings (SSSR count). The number of aliphatic carboxylic acids is 1. The van der Waals surface area contributed by atoms with Crippen molar-refractivity contribution >= 4 is 33.5 Å². The van der Waals surface area contributed by atoms with Gasteiger partial charge in [0, 0.05) is 23.1 Å². The Labute approximate surface area is 114 Å². The average molecular weight is 312 g/mol. The molecule has 1 aromatic rings. The van der Waals surface area contributed by atoms with E-state index in [0.717, 1.165) is 21.3 Å². The summed E-state index contributed by atoms with van der Waals surface area (Å²) in [5.41, 5.74) is 2.79. The fourth-order valence-corrected chi connectivity index (χ4v) is 3.10. The standard InChI is InChI=1S/C13H14BrNO3/c1-7-3-10(14)4-8(2)12(7)15-6-9(13(17)18)5-11(15)16/h3-4,9H,5-6H2,1-2H3,(H,17,18). The highest BCUT2D eigenvalue weighted by Crippen LogP contribution is 2.33. The molecule has 18 heavy (non-hydrogen) atoms. The molecule has 1 aliphatic rings. The Morgan fingerprint density at radius 3 is 2.39 bits per heavy atom. The van der Waals surface area contributed by atoms with Crippen LogP contribution in [0.2, 0.25) is 0 Å². The maximum atomic E-state index is 11.9. The summed E-state index contributed by atoms with van der Waals surface area (Å²) in [4.78, 5) is 24.5. The lowest BCUT2D eigenvalue weighted by atomic mass is 10.1. The van der Waals surface area contributed by atoms with E-state index in [1.165, 1.54) is 0 Å². The van der Waals surface area contributed by atoms with Crippen molar-refractivity contribution in [1.82, 2.24) is 0 Å². The summed E-state index contributed by atoms with van der Waals surface area (Å²) in [5.74, 6) is -1.62. The molecule has 1 fully saturated rings. The van der Waals surface area contributed by atoms with E-state index in [4.69, 9.17) is 5.11 Å². The quantitative estimate of drug-likeness (QED) is 0.913. The van der Waals surface area contributed by atoms with Crippen molar-refractivity contribution in [3.05, 3.63) is 27.7 Å². The van der Waals surface area contributed by atoms with Crippen molar-refractivity contribution in [3.63, 3.8) is 0 Å². The number of carbonyl (C=O) groups excluding carboxylic acids is 1. The van der Waals surface area contributed by atoms with Gasteiger partial charge in [0.05, 0.1) is 5.92 Å². The molecular formula is C13H14BrNO3. The number of rotatable bonds is 2. The van der Waals surface area contributed by atoms with Crippen LogP contribution in [0.15, 0.2) is 16.6 Å². The Morgan fingerprint density at radius 2 is 1.94 bits per heavy atom. The highest BCUT2D eigenvalue weighted by atomic mass is 79.9. The summed E-state index contributed by atoms with van der Waals surface area (Å²) in [6.45, 7) is 4.11. The first-order valence-corrected chi connectivity index (χ1v) is 6.49. The number of anilines is 1. The first-order valence-electron chi connectivity index (χ1n) is 5.70. The molecule has 1 N–H and O–H groups in total. The number of hydrogen-bond acceptors (Lipinski definition) is 2. The molecule has 0 saturated carbocycles. The summed E-state index contributed by atoms with van der Waals surface area (Å²) >= 11 is 3.41. The third kappa shape index (κ3) is 2.27. The van der Waals surface area contributed by atoms with Crippen LogP contribution in [0, 0.1) is 19.8 Å². The minimum Gasteiger partial charge on any atom is -0.481 e. The molecule has 1 atom stereocenters. The van der Waals surface area contributed by atoms with Crippen molar-refractivity contribution in [2.75, 3.05) is 11.4 Å².